The Bertz CT molecular complexity index is 247. The molecule has 0 saturated carbocycles. The van der Waals surface area contributed by atoms with Crippen LogP contribution in [0.15, 0.2) is 12.4 Å². The Hall–Kier alpha value is -0.720. The van der Waals surface area contributed by atoms with Gasteiger partial charge in [-0.25, -0.2) is 0 Å². The number of rotatable bonds is 4. The zero-order valence-corrected chi connectivity index (χ0v) is 9.22. The third-order valence-electron chi connectivity index (χ3n) is 2.64. The Kier molecular flexibility index (Phi) is 3.58. The fourth-order valence-electron chi connectivity index (χ4n) is 1.70. The minimum absolute atomic E-state index is 0.694. The average Bonchev–Trinajstić information content (AvgIpc) is 2.50. The van der Waals surface area contributed by atoms with Gasteiger partial charge in [-0.15, -0.1) is 0 Å². The molecule has 1 atom stereocenters. The molecule has 0 amide bonds. The highest BCUT2D eigenvalue weighted by Crippen LogP contribution is 2.24. The van der Waals surface area contributed by atoms with Crippen LogP contribution in [0.4, 0.5) is 0 Å². The highest BCUT2D eigenvalue weighted by Gasteiger charge is 2.10. The first-order valence-corrected chi connectivity index (χ1v) is 5.30. The molecule has 1 unspecified atom stereocenters. The fourth-order valence-corrected chi connectivity index (χ4v) is 1.70. The number of aromatic amines is 1. The van der Waals surface area contributed by atoms with Gasteiger partial charge in [0.2, 0.25) is 0 Å². The summed E-state index contributed by atoms with van der Waals surface area (Å²) in [7, 11) is 0. The van der Waals surface area contributed by atoms with Crippen molar-refractivity contribution >= 4 is 0 Å². The SMILES string of the molecule is CCC(C)c1c[nH]cc1CC(C)C. The first kappa shape index (κ1) is 10.4. The molecular formula is C12H21N. The van der Waals surface area contributed by atoms with Crippen LogP contribution in [0.2, 0.25) is 0 Å². The van der Waals surface area contributed by atoms with E-state index >= 15 is 0 Å². The van der Waals surface area contributed by atoms with E-state index < -0.39 is 0 Å². The van der Waals surface area contributed by atoms with Crippen molar-refractivity contribution in [1.82, 2.24) is 4.98 Å². The molecule has 1 aromatic rings. The monoisotopic (exact) mass is 179 g/mol. The highest BCUT2D eigenvalue weighted by molar-refractivity contribution is 5.27. The molecule has 0 aliphatic rings. The number of aromatic nitrogens is 1. The molecule has 0 aliphatic carbocycles. The van der Waals surface area contributed by atoms with Gasteiger partial charge < -0.3 is 4.98 Å². The van der Waals surface area contributed by atoms with E-state index in [1.807, 2.05) is 0 Å². The molecule has 0 radical (unpaired) electrons. The summed E-state index contributed by atoms with van der Waals surface area (Å²) in [5.74, 6) is 1.44. The number of hydrogen-bond acceptors (Lipinski definition) is 0. The Labute approximate surface area is 81.6 Å². The van der Waals surface area contributed by atoms with E-state index in [0.29, 0.717) is 5.92 Å². The molecule has 0 spiro atoms. The lowest BCUT2D eigenvalue weighted by Gasteiger charge is -2.11. The predicted octanol–water partition coefficient (Wildman–Crippen LogP) is 3.73. The second-order valence-electron chi connectivity index (χ2n) is 4.34. The van der Waals surface area contributed by atoms with Gasteiger partial charge in [0.15, 0.2) is 0 Å². The van der Waals surface area contributed by atoms with E-state index in [1.54, 1.807) is 0 Å². The Morgan fingerprint density at radius 1 is 1.23 bits per heavy atom. The van der Waals surface area contributed by atoms with Gasteiger partial charge >= 0.3 is 0 Å². The van der Waals surface area contributed by atoms with Crippen molar-refractivity contribution in [3.05, 3.63) is 23.5 Å². The molecule has 0 aromatic carbocycles. The summed E-state index contributed by atoms with van der Waals surface area (Å²) in [4.78, 5) is 3.22. The van der Waals surface area contributed by atoms with Crippen molar-refractivity contribution < 1.29 is 0 Å². The molecule has 1 rings (SSSR count). The van der Waals surface area contributed by atoms with E-state index in [9.17, 15) is 0 Å². The second-order valence-corrected chi connectivity index (χ2v) is 4.34. The lowest BCUT2D eigenvalue weighted by Crippen LogP contribution is -1.98. The van der Waals surface area contributed by atoms with Crippen LogP contribution in [0.1, 0.15) is 51.2 Å². The molecule has 1 N–H and O–H groups in total. The summed E-state index contributed by atoms with van der Waals surface area (Å²) in [5, 5.41) is 0. The molecule has 1 aromatic heterocycles. The van der Waals surface area contributed by atoms with E-state index in [0.717, 1.165) is 5.92 Å². The molecule has 0 saturated heterocycles. The maximum absolute atomic E-state index is 3.22. The van der Waals surface area contributed by atoms with Crippen molar-refractivity contribution in [2.24, 2.45) is 5.92 Å². The minimum atomic E-state index is 0.694. The van der Waals surface area contributed by atoms with Crippen molar-refractivity contribution in [1.29, 1.82) is 0 Å². The fraction of sp³-hybridized carbons (Fsp3) is 0.667. The van der Waals surface area contributed by atoms with Crippen LogP contribution in [-0.4, -0.2) is 4.98 Å². The molecule has 0 bridgehead atoms. The lowest BCUT2D eigenvalue weighted by molar-refractivity contribution is 0.633. The van der Waals surface area contributed by atoms with E-state index in [2.05, 4.69) is 45.1 Å². The summed E-state index contributed by atoms with van der Waals surface area (Å²) in [6, 6.07) is 0. The van der Waals surface area contributed by atoms with Gasteiger partial charge in [0.1, 0.15) is 0 Å². The smallest absolute Gasteiger partial charge is 0.00429 e. The van der Waals surface area contributed by atoms with Gasteiger partial charge in [0.25, 0.3) is 0 Å². The third kappa shape index (κ3) is 2.61. The Morgan fingerprint density at radius 2 is 1.92 bits per heavy atom. The zero-order valence-electron chi connectivity index (χ0n) is 9.22. The van der Waals surface area contributed by atoms with Crippen LogP contribution < -0.4 is 0 Å². The summed E-state index contributed by atoms with van der Waals surface area (Å²) in [6.45, 7) is 9.09. The number of hydrogen-bond donors (Lipinski definition) is 1. The first-order chi connectivity index (χ1) is 6.15. The van der Waals surface area contributed by atoms with Crippen molar-refractivity contribution in [2.75, 3.05) is 0 Å². The van der Waals surface area contributed by atoms with E-state index in [1.165, 1.54) is 24.0 Å². The minimum Gasteiger partial charge on any atom is -0.367 e. The van der Waals surface area contributed by atoms with Gasteiger partial charge in [-0.2, -0.15) is 0 Å². The Balaban J connectivity index is 2.76. The Morgan fingerprint density at radius 3 is 2.46 bits per heavy atom. The standard InChI is InChI=1S/C12H21N/c1-5-10(4)12-8-13-7-11(12)6-9(2)3/h7-10,13H,5-6H2,1-4H3. The zero-order chi connectivity index (χ0) is 9.84. The van der Waals surface area contributed by atoms with Gasteiger partial charge in [-0.1, -0.05) is 27.7 Å². The molecule has 1 nitrogen and oxygen atoms in total. The topological polar surface area (TPSA) is 15.8 Å². The predicted molar refractivity (Wildman–Crippen MR) is 58.0 cm³/mol. The maximum Gasteiger partial charge on any atom is 0.00429 e. The van der Waals surface area contributed by atoms with Crippen LogP contribution in [0.25, 0.3) is 0 Å². The normalized spacial score (nSPS) is 13.6. The summed E-state index contributed by atoms with van der Waals surface area (Å²) in [6.07, 6.45) is 6.74. The molecule has 74 valence electrons. The van der Waals surface area contributed by atoms with Crippen molar-refractivity contribution in [2.45, 2.75) is 46.5 Å². The summed E-state index contributed by atoms with van der Waals surface area (Å²) < 4.78 is 0. The van der Waals surface area contributed by atoms with Crippen LogP contribution in [0, 0.1) is 5.92 Å². The van der Waals surface area contributed by atoms with Gasteiger partial charge in [-0.05, 0) is 35.8 Å². The van der Waals surface area contributed by atoms with Gasteiger partial charge in [0, 0.05) is 12.4 Å². The number of H-pyrrole nitrogens is 1. The summed E-state index contributed by atoms with van der Waals surface area (Å²) in [5.41, 5.74) is 3.01. The molecule has 1 heteroatoms. The van der Waals surface area contributed by atoms with E-state index in [-0.39, 0.29) is 0 Å². The number of nitrogens with one attached hydrogen (secondary N) is 1. The van der Waals surface area contributed by atoms with Crippen LogP contribution in [0.5, 0.6) is 0 Å². The largest absolute Gasteiger partial charge is 0.367 e. The first-order valence-electron chi connectivity index (χ1n) is 5.30. The second kappa shape index (κ2) is 4.50. The molecular weight excluding hydrogens is 158 g/mol. The molecule has 13 heavy (non-hydrogen) atoms. The summed E-state index contributed by atoms with van der Waals surface area (Å²) >= 11 is 0. The van der Waals surface area contributed by atoms with Crippen LogP contribution in [0.3, 0.4) is 0 Å². The van der Waals surface area contributed by atoms with Gasteiger partial charge in [0.05, 0.1) is 0 Å². The molecule has 1 heterocycles. The average molecular weight is 179 g/mol. The molecule has 0 fully saturated rings. The highest BCUT2D eigenvalue weighted by atomic mass is 14.6. The van der Waals surface area contributed by atoms with E-state index in [4.69, 9.17) is 0 Å². The molecule has 0 aliphatic heterocycles. The maximum atomic E-state index is 3.22. The third-order valence-corrected chi connectivity index (χ3v) is 2.64. The quantitative estimate of drug-likeness (QED) is 0.725. The van der Waals surface area contributed by atoms with Gasteiger partial charge in [-0.3, -0.25) is 0 Å². The van der Waals surface area contributed by atoms with Crippen molar-refractivity contribution in [3.63, 3.8) is 0 Å². The van der Waals surface area contributed by atoms with Crippen LogP contribution in [-0.2, 0) is 6.42 Å². The van der Waals surface area contributed by atoms with Crippen molar-refractivity contribution in [3.8, 4) is 0 Å². The van der Waals surface area contributed by atoms with Crippen LogP contribution >= 0.6 is 0 Å². The lowest BCUT2D eigenvalue weighted by atomic mass is 9.93.